The summed E-state index contributed by atoms with van der Waals surface area (Å²) in [6, 6.07) is 8.25. The Balaban J connectivity index is 1.94. The number of nitrogens with one attached hydrogen (secondary N) is 2. The summed E-state index contributed by atoms with van der Waals surface area (Å²) in [6.07, 6.45) is 3.49. The van der Waals surface area contributed by atoms with Crippen LogP contribution in [0.5, 0.6) is 0 Å². The smallest absolute Gasteiger partial charge is 0.268 e. The van der Waals surface area contributed by atoms with Crippen LogP contribution < -0.4 is 5.32 Å². The Morgan fingerprint density at radius 3 is 2.50 bits per heavy atom. The molecule has 1 aromatic carbocycles. The minimum atomic E-state index is -0.449. The average Bonchev–Trinajstić information content (AvgIpc) is 3.12. The molecule has 24 heavy (non-hydrogen) atoms. The Morgan fingerprint density at radius 2 is 1.96 bits per heavy atom. The van der Waals surface area contributed by atoms with Crippen molar-refractivity contribution in [2.45, 2.75) is 6.04 Å². The van der Waals surface area contributed by atoms with Crippen molar-refractivity contribution >= 4 is 40.7 Å². The Hall–Kier alpha value is -1.95. The van der Waals surface area contributed by atoms with Crippen molar-refractivity contribution in [2.24, 2.45) is 7.05 Å². The number of benzene rings is 1. The Labute approximate surface area is 153 Å². The van der Waals surface area contributed by atoms with Crippen LogP contribution in [0.3, 0.4) is 0 Å². The molecule has 124 valence electrons. The van der Waals surface area contributed by atoms with Crippen LogP contribution in [0.4, 0.5) is 0 Å². The molecule has 1 atom stereocenters. The second-order valence-electron chi connectivity index (χ2n) is 5.20. The van der Waals surface area contributed by atoms with Crippen molar-refractivity contribution < 1.29 is 4.79 Å². The third kappa shape index (κ3) is 3.43. The van der Waals surface area contributed by atoms with Crippen LogP contribution in [-0.2, 0) is 7.05 Å². The second kappa shape index (κ2) is 6.89. The lowest BCUT2D eigenvalue weighted by Gasteiger charge is -2.19. The summed E-state index contributed by atoms with van der Waals surface area (Å²) in [4.78, 5) is 19.6. The molecule has 0 bridgehead atoms. The maximum absolute atomic E-state index is 12.5. The quantitative estimate of drug-likeness (QED) is 0.708. The fourth-order valence-corrected chi connectivity index (χ4v) is 2.78. The van der Waals surface area contributed by atoms with E-state index in [1.807, 2.05) is 29.9 Å². The normalized spacial score (nSPS) is 12.2. The van der Waals surface area contributed by atoms with Gasteiger partial charge in [-0.2, -0.15) is 0 Å². The van der Waals surface area contributed by atoms with Gasteiger partial charge >= 0.3 is 0 Å². The fraction of sp³-hybridized carbons (Fsp3) is 0.125. The topological polar surface area (TPSA) is 62.7 Å². The molecular weight excluding hydrogens is 371 g/mol. The zero-order valence-corrected chi connectivity index (χ0v) is 14.8. The van der Waals surface area contributed by atoms with Gasteiger partial charge in [-0.25, -0.2) is 4.98 Å². The summed E-state index contributed by atoms with van der Waals surface area (Å²) >= 11 is 17.7. The van der Waals surface area contributed by atoms with Gasteiger partial charge in [-0.15, -0.1) is 0 Å². The molecule has 2 N–H and O–H groups in total. The van der Waals surface area contributed by atoms with Gasteiger partial charge in [0.15, 0.2) is 0 Å². The molecule has 1 amide bonds. The van der Waals surface area contributed by atoms with Crippen molar-refractivity contribution in [3.63, 3.8) is 0 Å². The van der Waals surface area contributed by atoms with Crippen molar-refractivity contribution in [3.8, 4) is 0 Å². The predicted octanol–water partition coefficient (Wildman–Crippen LogP) is 4.23. The van der Waals surface area contributed by atoms with Crippen LogP contribution >= 0.6 is 34.8 Å². The molecule has 2 heterocycles. The molecule has 0 radical (unpaired) electrons. The van der Waals surface area contributed by atoms with Gasteiger partial charge in [-0.1, -0.05) is 46.9 Å². The number of amides is 1. The zero-order valence-electron chi connectivity index (χ0n) is 12.6. The fourth-order valence-electron chi connectivity index (χ4n) is 2.34. The molecule has 0 aliphatic heterocycles. The van der Waals surface area contributed by atoms with Crippen LogP contribution in [0, 0.1) is 0 Å². The number of carbonyl (C=O) groups excluding carboxylic acids is 1. The van der Waals surface area contributed by atoms with Crippen LogP contribution in [0.1, 0.15) is 27.9 Å². The molecule has 3 rings (SSSR count). The van der Waals surface area contributed by atoms with Gasteiger partial charge in [-0.3, -0.25) is 4.79 Å². The number of hydrogen-bond donors (Lipinski definition) is 2. The van der Waals surface area contributed by atoms with E-state index in [0.717, 1.165) is 5.56 Å². The Morgan fingerprint density at radius 1 is 1.25 bits per heavy atom. The third-order valence-corrected chi connectivity index (χ3v) is 4.51. The maximum atomic E-state index is 12.5. The van der Waals surface area contributed by atoms with Gasteiger partial charge in [0.2, 0.25) is 0 Å². The van der Waals surface area contributed by atoms with Crippen LogP contribution in [0.25, 0.3) is 0 Å². The largest absolute Gasteiger partial charge is 0.340 e. The van der Waals surface area contributed by atoms with E-state index in [-0.39, 0.29) is 16.8 Å². The Kier molecular flexibility index (Phi) is 4.85. The van der Waals surface area contributed by atoms with Gasteiger partial charge in [0.25, 0.3) is 5.91 Å². The van der Waals surface area contributed by atoms with Crippen LogP contribution in [-0.4, -0.2) is 20.4 Å². The van der Waals surface area contributed by atoms with E-state index in [1.165, 1.54) is 6.07 Å². The molecule has 0 spiro atoms. The average molecular weight is 384 g/mol. The molecule has 3 aromatic rings. The van der Waals surface area contributed by atoms with Crippen molar-refractivity contribution in [1.82, 2.24) is 19.9 Å². The van der Waals surface area contributed by atoms with E-state index in [2.05, 4.69) is 15.3 Å². The minimum Gasteiger partial charge on any atom is -0.340 e. The van der Waals surface area contributed by atoms with Crippen molar-refractivity contribution in [2.75, 3.05) is 0 Å². The van der Waals surface area contributed by atoms with E-state index in [1.54, 1.807) is 18.3 Å². The first-order valence-electron chi connectivity index (χ1n) is 7.03. The summed E-state index contributed by atoms with van der Waals surface area (Å²) < 4.78 is 1.84. The predicted molar refractivity (Wildman–Crippen MR) is 94.8 cm³/mol. The SMILES string of the molecule is Cn1ccnc1C(NC(=O)c1cc(Cl)c(Cl)[nH]1)c1ccc(Cl)cc1. The number of aromatic nitrogens is 3. The molecule has 0 fully saturated rings. The summed E-state index contributed by atoms with van der Waals surface area (Å²) in [7, 11) is 1.86. The minimum absolute atomic E-state index is 0.224. The maximum Gasteiger partial charge on any atom is 0.268 e. The molecule has 1 unspecified atom stereocenters. The molecule has 2 aromatic heterocycles. The van der Waals surface area contributed by atoms with E-state index < -0.39 is 6.04 Å². The lowest BCUT2D eigenvalue weighted by Crippen LogP contribution is -2.31. The monoisotopic (exact) mass is 382 g/mol. The van der Waals surface area contributed by atoms with Crippen molar-refractivity contribution in [3.05, 3.63) is 75.0 Å². The van der Waals surface area contributed by atoms with Gasteiger partial charge in [0, 0.05) is 24.5 Å². The Bertz CT molecular complexity index is 850. The van der Waals surface area contributed by atoms with Gasteiger partial charge < -0.3 is 14.9 Å². The number of aryl methyl sites for hydroxylation is 1. The first kappa shape index (κ1) is 16.9. The van der Waals surface area contributed by atoms with Gasteiger partial charge in [-0.05, 0) is 23.8 Å². The molecule has 0 saturated heterocycles. The first-order chi connectivity index (χ1) is 11.5. The molecular formula is C16H13Cl3N4O. The van der Waals surface area contributed by atoms with Crippen LogP contribution in [0.2, 0.25) is 15.2 Å². The number of halogens is 3. The molecule has 0 aliphatic rings. The van der Waals surface area contributed by atoms with Gasteiger partial charge in [0.05, 0.1) is 5.02 Å². The highest BCUT2D eigenvalue weighted by Gasteiger charge is 2.22. The van der Waals surface area contributed by atoms with E-state index in [0.29, 0.717) is 15.9 Å². The third-order valence-electron chi connectivity index (χ3n) is 3.57. The number of rotatable bonds is 4. The van der Waals surface area contributed by atoms with E-state index in [9.17, 15) is 4.79 Å². The number of nitrogens with zero attached hydrogens (tertiary/aromatic N) is 2. The zero-order chi connectivity index (χ0) is 17.3. The molecule has 0 aliphatic carbocycles. The van der Waals surface area contributed by atoms with E-state index in [4.69, 9.17) is 34.8 Å². The second-order valence-corrected chi connectivity index (χ2v) is 6.42. The number of aromatic amines is 1. The summed E-state index contributed by atoms with van der Waals surface area (Å²) in [5, 5.41) is 4.07. The number of H-pyrrole nitrogens is 1. The highest BCUT2D eigenvalue weighted by Crippen LogP contribution is 2.25. The highest BCUT2D eigenvalue weighted by atomic mass is 35.5. The number of carbonyl (C=O) groups is 1. The van der Waals surface area contributed by atoms with Crippen LogP contribution in [0.15, 0.2) is 42.7 Å². The molecule has 8 heteroatoms. The van der Waals surface area contributed by atoms with E-state index >= 15 is 0 Å². The first-order valence-corrected chi connectivity index (χ1v) is 8.16. The van der Waals surface area contributed by atoms with Crippen molar-refractivity contribution in [1.29, 1.82) is 0 Å². The highest BCUT2D eigenvalue weighted by molar-refractivity contribution is 6.41. The molecule has 5 nitrogen and oxygen atoms in total. The standard InChI is InChI=1S/C16H13Cl3N4O/c1-23-7-6-20-15(23)13(9-2-4-10(17)5-3-9)22-16(24)12-8-11(18)14(19)21-12/h2-8,13,21H,1H3,(H,22,24). The van der Waals surface area contributed by atoms with Gasteiger partial charge in [0.1, 0.15) is 22.7 Å². The number of hydrogen-bond acceptors (Lipinski definition) is 2. The summed E-state index contributed by atoms with van der Waals surface area (Å²) in [6.45, 7) is 0. The lowest BCUT2D eigenvalue weighted by atomic mass is 10.1. The summed E-state index contributed by atoms with van der Waals surface area (Å²) in [5.41, 5.74) is 1.13. The molecule has 0 saturated carbocycles. The summed E-state index contributed by atoms with van der Waals surface area (Å²) in [5.74, 6) is 0.348. The lowest BCUT2D eigenvalue weighted by molar-refractivity contribution is 0.0936. The number of imidazole rings is 1.